The summed E-state index contributed by atoms with van der Waals surface area (Å²) in [5.41, 5.74) is 5.16. The van der Waals surface area contributed by atoms with Crippen LogP contribution in [0.25, 0.3) is 0 Å². The molecule has 0 aromatic carbocycles. The fourth-order valence-corrected chi connectivity index (χ4v) is 2.34. The molecule has 3 N–H and O–H groups in total. The molecule has 0 aromatic heterocycles. The molecule has 15 heavy (non-hydrogen) atoms. The normalized spacial score (nSPS) is 28.3. The molecule has 1 aliphatic carbocycles. The summed E-state index contributed by atoms with van der Waals surface area (Å²) in [6.07, 6.45) is 4.05. The van der Waals surface area contributed by atoms with Gasteiger partial charge >= 0.3 is 0 Å². The second-order valence-corrected chi connectivity index (χ2v) is 4.87. The summed E-state index contributed by atoms with van der Waals surface area (Å²) in [4.78, 5) is 13.0. The summed E-state index contributed by atoms with van der Waals surface area (Å²) in [5.74, 6) is -0.225. The summed E-state index contributed by atoms with van der Waals surface area (Å²) in [6, 6.07) is 1.43. The van der Waals surface area contributed by atoms with Crippen LogP contribution in [0.4, 0.5) is 0 Å². The Balaban J connectivity index is 2.26. The molecular weight excluding hydrogens is 190 g/mol. The highest BCUT2D eigenvalue weighted by Crippen LogP contribution is 2.22. The van der Waals surface area contributed by atoms with Crippen LogP contribution in [-0.2, 0) is 4.79 Å². The van der Waals surface area contributed by atoms with Gasteiger partial charge in [0.1, 0.15) is 0 Å². The summed E-state index contributed by atoms with van der Waals surface area (Å²) >= 11 is 0. The summed E-state index contributed by atoms with van der Waals surface area (Å²) in [6.45, 7) is 2.02. The van der Waals surface area contributed by atoms with Gasteiger partial charge < -0.3 is 16.0 Å². The highest BCUT2D eigenvalue weighted by molar-refractivity contribution is 5.74. The smallest absolute Gasteiger partial charge is 0.218 e. The van der Waals surface area contributed by atoms with E-state index in [-0.39, 0.29) is 11.9 Å². The van der Waals surface area contributed by atoms with E-state index in [9.17, 15) is 4.79 Å². The molecule has 1 fully saturated rings. The maximum atomic E-state index is 10.7. The topological polar surface area (TPSA) is 58.4 Å². The predicted molar refractivity (Wildman–Crippen MR) is 61.5 cm³/mol. The average Bonchev–Trinajstić information content (AvgIpc) is 2.50. The number of primary amides is 1. The third-order valence-electron chi connectivity index (χ3n) is 3.16. The van der Waals surface area contributed by atoms with Crippen LogP contribution in [0, 0.1) is 0 Å². The molecule has 0 aliphatic heterocycles. The Morgan fingerprint density at radius 3 is 2.67 bits per heavy atom. The zero-order valence-electron chi connectivity index (χ0n) is 9.99. The molecule has 0 heterocycles. The van der Waals surface area contributed by atoms with Crippen LogP contribution in [0.15, 0.2) is 0 Å². The van der Waals surface area contributed by atoms with E-state index in [4.69, 9.17) is 5.73 Å². The van der Waals surface area contributed by atoms with E-state index in [0.29, 0.717) is 18.5 Å². The van der Waals surface area contributed by atoms with Gasteiger partial charge in [-0.15, -0.1) is 0 Å². The molecule has 1 amide bonds. The van der Waals surface area contributed by atoms with Gasteiger partial charge in [-0.25, -0.2) is 0 Å². The van der Waals surface area contributed by atoms with Crippen molar-refractivity contribution in [1.82, 2.24) is 10.2 Å². The minimum atomic E-state index is -0.225. The molecule has 0 saturated heterocycles. The van der Waals surface area contributed by atoms with Gasteiger partial charge in [0, 0.05) is 24.5 Å². The molecular formula is C11H23N3O. The van der Waals surface area contributed by atoms with Crippen molar-refractivity contribution in [3.8, 4) is 0 Å². The third-order valence-corrected chi connectivity index (χ3v) is 3.16. The number of carbonyl (C=O) groups is 1. The predicted octanol–water partition coefficient (Wildman–Crippen LogP) is 0.323. The number of carbonyl (C=O) groups excluding carboxylic acids is 1. The van der Waals surface area contributed by atoms with Crippen molar-refractivity contribution in [3.63, 3.8) is 0 Å². The van der Waals surface area contributed by atoms with E-state index in [1.165, 1.54) is 19.3 Å². The minimum absolute atomic E-state index is 0.202. The molecule has 1 aliphatic rings. The number of amides is 1. The molecule has 4 heteroatoms. The number of nitrogens with one attached hydrogen (secondary N) is 1. The standard InChI is InChI=1S/C11H23N3O/c1-8(6-11(12)15)13-9-4-5-10(7-9)14(2)3/h8-10,13H,4-7H2,1-3H3,(H2,12,15). The van der Waals surface area contributed by atoms with Crippen molar-refractivity contribution in [2.75, 3.05) is 14.1 Å². The van der Waals surface area contributed by atoms with E-state index < -0.39 is 0 Å². The number of nitrogens with two attached hydrogens (primary N) is 1. The molecule has 0 radical (unpaired) electrons. The quantitative estimate of drug-likeness (QED) is 0.691. The SMILES string of the molecule is CC(CC(N)=O)NC1CCC(N(C)C)C1. The molecule has 3 unspecified atom stereocenters. The molecule has 3 atom stereocenters. The first-order chi connectivity index (χ1) is 6.99. The van der Waals surface area contributed by atoms with Crippen LogP contribution in [0.1, 0.15) is 32.6 Å². The zero-order chi connectivity index (χ0) is 11.4. The molecule has 4 nitrogen and oxygen atoms in total. The van der Waals surface area contributed by atoms with Gasteiger partial charge in [-0.3, -0.25) is 4.79 Å². The highest BCUT2D eigenvalue weighted by Gasteiger charge is 2.26. The van der Waals surface area contributed by atoms with E-state index in [1.54, 1.807) is 0 Å². The number of rotatable bonds is 5. The molecule has 88 valence electrons. The lowest BCUT2D eigenvalue weighted by Gasteiger charge is -2.21. The fraction of sp³-hybridized carbons (Fsp3) is 0.909. The summed E-state index contributed by atoms with van der Waals surface area (Å²) in [5, 5.41) is 3.47. The minimum Gasteiger partial charge on any atom is -0.370 e. The van der Waals surface area contributed by atoms with Crippen LogP contribution in [0.5, 0.6) is 0 Å². The van der Waals surface area contributed by atoms with Gasteiger partial charge in [-0.1, -0.05) is 0 Å². The first-order valence-electron chi connectivity index (χ1n) is 5.69. The number of nitrogens with zero attached hydrogens (tertiary/aromatic N) is 1. The van der Waals surface area contributed by atoms with Gasteiger partial charge in [0.25, 0.3) is 0 Å². The molecule has 0 aromatic rings. The monoisotopic (exact) mass is 213 g/mol. The van der Waals surface area contributed by atoms with Gasteiger partial charge in [0.2, 0.25) is 5.91 Å². The van der Waals surface area contributed by atoms with Gasteiger partial charge in [0.05, 0.1) is 0 Å². The van der Waals surface area contributed by atoms with Gasteiger partial charge in [0.15, 0.2) is 0 Å². The van der Waals surface area contributed by atoms with Crippen molar-refractivity contribution in [2.45, 2.75) is 50.7 Å². The van der Waals surface area contributed by atoms with Crippen LogP contribution in [0.3, 0.4) is 0 Å². The van der Waals surface area contributed by atoms with Gasteiger partial charge in [-0.05, 0) is 40.3 Å². The van der Waals surface area contributed by atoms with E-state index >= 15 is 0 Å². The first-order valence-corrected chi connectivity index (χ1v) is 5.69. The van der Waals surface area contributed by atoms with Crippen molar-refractivity contribution >= 4 is 5.91 Å². The first kappa shape index (κ1) is 12.5. The Bertz CT molecular complexity index is 218. The Morgan fingerprint density at radius 2 is 2.20 bits per heavy atom. The van der Waals surface area contributed by atoms with Crippen LogP contribution in [0.2, 0.25) is 0 Å². The zero-order valence-corrected chi connectivity index (χ0v) is 9.99. The second-order valence-electron chi connectivity index (χ2n) is 4.87. The Morgan fingerprint density at radius 1 is 1.53 bits per heavy atom. The highest BCUT2D eigenvalue weighted by atomic mass is 16.1. The number of hydrogen-bond acceptors (Lipinski definition) is 3. The van der Waals surface area contributed by atoms with Crippen molar-refractivity contribution < 1.29 is 4.79 Å². The molecule has 0 spiro atoms. The van der Waals surface area contributed by atoms with Crippen LogP contribution in [-0.4, -0.2) is 43.0 Å². The average molecular weight is 213 g/mol. The summed E-state index contributed by atoms with van der Waals surface area (Å²) < 4.78 is 0. The number of hydrogen-bond donors (Lipinski definition) is 2. The van der Waals surface area contributed by atoms with E-state index in [2.05, 4.69) is 24.3 Å². The van der Waals surface area contributed by atoms with Crippen molar-refractivity contribution in [3.05, 3.63) is 0 Å². The lowest BCUT2D eigenvalue weighted by Crippen LogP contribution is -2.38. The Labute approximate surface area is 92.2 Å². The summed E-state index contributed by atoms with van der Waals surface area (Å²) in [7, 11) is 4.25. The van der Waals surface area contributed by atoms with Gasteiger partial charge in [-0.2, -0.15) is 0 Å². The van der Waals surface area contributed by atoms with Crippen molar-refractivity contribution in [2.24, 2.45) is 5.73 Å². The second kappa shape index (κ2) is 5.47. The molecule has 1 saturated carbocycles. The van der Waals surface area contributed by atoms with E-state index in [0.717, 1.165) is 0 Å². The van der Waals surface area contributed by atoms with Crippen LogP contribution < -0.4 is 11.1 Å². The lowest BCUT2D eigenvalue weighted by molar-refractivity contribution is -0.118. The largest absolute Gasteiger partial charge is 0.370 e. The van der Waals surface area contributed by atoms with Crippen LogP contribution >= 0.6 is 0 Å². The Hall–Kier alpha value is -0.610. The Kier molecular flexibility index (Phi) is 4.54. The third kappa shape index (κ3) is 4.18. The lowest BCUT2D eigenvalue weighted by atomic mass is 10.1. The van der Waals surface area contributed by atoms with Crippen molar-refractivity contribution in [1.29, 1.82) is 0 Å². The maximum absolute atomic E-state index is 10.7. The molecule has 1 rings (SSSR count). The van der Waals surface area contributed by atoms with E-state index in [1.807, 2.05) is 6.92 Å². The fourth-order valence-electron chi connectivity index (χ4n) is 2.34. The molecule has 0 bridgehead atoms. The maximum Gasteiger partial charge on any atom is 0.218 e.